The Kier molecular flexibility index (Phi) is 4.80. The Balaban J connectivity index is 1.82. The van der Waals surface area contributed by atoms with Gasteiger partial charge in [-0.05, 0) is 42.8 Å². The van der Waals surface area contributed by atoms with E-state index >= 15 is 0 Å². The van der Waals surface area contributed by atoms with E-state index in [0.29, 0.717) is 5.13 Å². The van der Waals surface area contributed by atoms with Gasteiger partial charge < -0.3 is 9.47 Å². The van der Waals surface area contributed by atoms with Gasteiger partial charge in [-0.1, -0.05) is 17.4 Å². The molecule has 0 aliphatic rings. The highest BCUT2D eigenvalue weighted by Crippen LogP contribution is 2.31. The van der Waals surface area contributed by atoms with E-state index in [2.05, 4.69) is 15.0 Å². The third-order valence-corrected chi connectivity index (χ3v) is 4.34. The number of methoxy groups -OCH3 is 1. The molecule has 5 nitrogen and oxygen atoms in total. The zero-order valence-electron chi connectivity index (χ0n) is 13.4. The van der Waals surface area contributed by atoms with Crippen LogP contribution in [0.1, 0.15) is 15.9 Å². The first kappa shape index (κ1) is 17.1. The highest BCUT2D eigenvalue weighted by atomic mass is 32.1. The Morgan fingerprint density at radius 1 is 1.20 bits per heavy atom. The number of anilines is 1. The molecule has 3 aromatic rings. The summed E-state index contributed by atoms with van der Waals surface area (Å²) in [5.41, 5.74) is 2.14. The van der Waals surface area contributed by atoms with Crippen molar-refractivity contribution in [2.24, 2.45) is 0 Å². The fraction of sp³-hybridized carbons (Fsp3) is 0.176. The number of alkyl halides is 2. The number of carbonyl (C=O) groups excluding carboxylic acids is 1. The summed E-state index contributed by atoms with van der Waals surface area (Å²) in [5, 5.41) is 3.16. The maximum absolute atomic E-state index is 12.4. The number of nitrogens with zero attached hydrogens (tertiary/aromatic N) is 1. The molecule has 0 radical (unpaired) electrons. The van der Waals surface area contributed by atoms with Crippen LogP contribution in [0.2, 0.25) is 0 Å². The smallest absolute Gasteiger partial charge is 0.387 e. The van der Waals surface area contributed by atoms with Gasteiger partial charge in [-0.15, -0.1) is 0 Å². The predicted octanol–water partition coefficient (Wildman–Crippen LogP) is 4.47. The summed E-state index contributed by atoms with van der Waals surface area (Å²) < 4.78 is 35.0. The standard InChI is InChI=1S/C17H14F2N2O3S/c1-9-3-5-11-14(7-9)25-17(20-11)21-15(22)10-4-6-12(24-16(18)19)13(8-10)23-2/h3-8,16H,1-2H3,(H,20,21,22). The second-order valence-corrected chi connectivity index (χ2v) is 6.22. The van der Waals surface area contributed by atoms with Crippen LogP contribution in [0.3, 0.4) is 0 Å². The highest BCUT2D eigenvalue weighted by molar-refractivity contribution is 7.22. The van der Waals surface area contributed by atoms with Crippen molar-refractivity contribution in [2.75, 3.05) is 12.4 Å². The van der Waals surface area contributed by atoms with E-state index in [9.17, 15) is 13.6 Å². The van der Waals surface area contributed by atoms with E-state index < -0.39 is 12.5 Å². The normalized spacial score (nSPS) is 10.9. The number of hydrogen-bond acceptors (Lipinski definition) is 5. The minimum atomic E-state index is -2.97. The first-order chi connectivity index (χ1) is 12.0. The number of fused-ring (bicyclic) bond motifs is 1. The number of thiazole rings is 1. The Bertz CT molecular complexity index is 927. The Morgan fingerprint density at radius 3 is 2.72 bits per heavy atom. The Labute approximate surface area is 146 Å². The minimum Gasteiger partial charge on any atom is -0.493 e. The molecule has 0 bridgehead atoms. The number of amides is 1. The van der Waals surface area contributed by atoms with Crippen molar-refractivity contribution in [2.45, 2.75) is 13.5 Å². The second-order valence-electron chi connectivity index (χ2n) is 5.19. The number of nitrogens with one attached hydrogen (secondary N) is 1. The van der Waals surface area contributed by atoms with Crippen molar-refractivity contribution >= 4 is 32.6 Å². The maximum Gasteiger partial charge on any atom is 0.387 e. The topological polar surface area (TPSA) is 60.5 Å². The molecule has 1 aromatic heterocycles. The number of benzene rings is 2. The van der Waals surface area contributed by atoms with E-state index in [-0.39, 0.29) is 17.1 Å². The fourth-order valence-corrected chi connectivity index (χ4v) is 3.22. The molecule has 2 aromatic carbocycles. The summed E-state index contributed by atoms with van der Waals surface area (Å²) in [6, 6.07) is 9.80. The molecule has 0 fully saturated rings. The van der Waals surface area contributed by atoms with Crippen molar-refractivity contribution in [3.05, 3.63) is 47.5 Å². The predicted molar refractivity (Wildman–Crippen MR) is 91.9 cm³/mol. The van der Waals surface area contributed by atoms with Gasteiger partial charge in [-0.2, -0.15) is 8.78 Å². The lowest BCUT2D eigenvalue weighted by Crippen LogP contribution is -2.12. The van der Waals surface area contributed by atoms with Gasteiger partial charge in [0.1, 0.15) is 0 Å². The number of aryl methyl sites for hydroxylation is 1. The molecular formula is C17H14F2N2O3S. The summed E-state index contributed by atoms with van der Waals surface area (Å²) in [5.74, 6) is -0.505. The molecule has 0 atom stereocenters. The Hall–Kier alpha value is -2.74. The molecule has 1 amide bonds. The molecule has 0 unspecified atom stereocenters. The number of aromatic nitrogens is 1. The van der Waals surface area contributed by atoms with Crippen molar-refractivity contribution in [1.82, 2.24) is 4.98 Å². The van der Waals surface area contributed by atoms with Crippen molar-refractivity contribution in [1.29, 1.82) is 0 Å². The van der Waals surface area contributed by atoms with E-state index in [4.69, 9.17) is 4.74 Å². The van der Waals surface area contributed by atoms with E-state index in [1.165, 1.54) is 36.6 Å². The molecule has 130 valence electrons. The van der Waals surface area contributed by atoms with E-state index in [0.717, 1.165) is 15.8 Å². The van der Waals surface area contributed by atoms with Gasteiger partial charge in [0.15, 0.2) is 16.6 Å². The lowest BCUT2D eigenvalue weighted by molar-refractivity contribution is -0.0512. The average Bonchev–Trinajstić information content (AvgIpc) is 2.95. The van der Waals surface area contributed by atoms with Gasteiger partial charge in [0.25, 0.3) is 5.91 Å². The van der Waals surface area contributed by atoms with Crippen molar-refractivity contribution < 1.29 is 23.0 Å². The van der Waals surface area contributed by atoms with E-state index in [1.54, 1.807) is 0 Å². The number of halogens is 2. The van der Waals surface area contributed by atoms with Crippen LogP contribution in [-0.2, 0) is 0 Å². The van der Waals surface area contributed by atoms with Crippen LogP contribution < -0.4 is 14.8 Å². The van der Waals surface area contributed by atoms with Crippen LogP contribution in [0.4, 0.5) is 13.9 Å². The first-order valence-electron chi connectivity index (χ1n) is 7.27. The zero-order chi connectivity index (χ0) is 18.0. The quantitative estimate of drug-likeness (QED) is 0.726. The summed E-state index contributed by atoms with van der Waals surface area (Å²) in [6.45, 7) is -0.994. The van der Waals surface area contributed by atoms with Crippen LogP contribution in [0, 0.1) is 6.92 Å². The first-order valence-corrected chi connectivity index (χ1v) is 8.09. The van der Waals surface area contributed by atoms with Crippen LogP contribution in [-0.4, -0.2) is 24.6 Å². The molecule has 0 saturated carbocycles. The number of rotatable bonds is 5. The van der Waals surface area contributed by atoms with Gasteiger partial charge in [-0.25, -0.2) is 4.98 Å². The number of hydrogen-bond donors (Lipinski definition) is 1. The third-order valence-electron chi connectivity index (χ3n) is 3.41. The number of ether oxygens (including phenoxy) is 2. The van der Waals surface area contributed by atoms with Crippen LogP contribution in [0.5, 0.6) is 11.5 Å². The lowest BCUT2D eigenvalue weighted by atomic mass is 10.2. The van der Waals surface area contributed by atoms with Gasteiger partial charge in [0.2, 0.25) is 0 Å². The second kappa shape index (κ2) is 7.02. The maximum atomic E-state index is 12.4. The minimum absolute atomic E-state index is 0.0490. The van der Waals surface area contributed by atoms with Crippen LogP contribution in [0.25, 0.3) is 10.2 Å². The summed E-state index contributed by atoms with van der Waals surface area (Å²) in [4.78, 5) is 16.7. The monoisotopic (exact) mass is 364 g/mol. The fourth-order valence-electron chi connectivity index (χ4n) is 2.26. The van der Waals surface area contributed by atoms with Gasteiger partial charge >= 0.3 is 6.61 Å². The highest BCUT2D eigenvalue weighted by Gasteiger charge is 2.15. The lowest BCUT2D eigenvalue weighted by Gasteiger charge is -2.11. The zero-order valence-corrected chi connectivity index (χ0v) is 14.2. The van der Waals surface area contributed by atoms with E-state index in [1.807, 2.05) is 25.1 Å². The summed E-state index contributed by atoms with van der Waals surface area (Å²) in [6.07, 6.45) is 0. The SMILES string of the molecule is COc1cc(C(=O)Nc2nc3ccc(C)cc3s2)ccc1OC(F)F. The largest absolute Gasteiger partial charge is 0.493 e. The Morgan fingerprint density at radius 2 is 2.00 bits per heavy atom. The van der Waals surface area contributed by atoms with Crippen molar-refractivity contribution in [3.63, 3.8) is 0 Å². The van der Waals surface area contributed by atoms with Gasteiger partial charge in [-0.3, -0.25) is 10.1 Å². The van der Waals surface area contributed by atoms with Crippen LogP contribution >= 0.6 is 11.3 Å². The summed E-state index contributed by atoms with van der Waals surface area (Å²) in [7, 11) is 1.31. The van der Waals surface area contributed by atoms with Crippen LogP contribution in [0.15, 0.2) is 36.4 Å². The molecule has 0 spiro atoms. The van der Waals surface area contributed by atoms with Crippen molar-refractivity contribution in [3.8, 4) is 11.5 Å². The number of carbonyl (C=O) groups is 1. The molecule has 8 heteroatoms. The molecule has 0 aliphatic heterocycles. The summed E-state index contributed by atoms with van der Waals surface area (Å²) >= 11 is 1.36. The molecule has 25 heavy (non-hydrogen) atoms. The third kappa shape index (κ3) is 3.85. The molecule has 0 aliphatic carbocycles. The molecule has 3 rings (SSSR count). The molecule has 1 heterocycles. The molecular weight excluding hydrogens is 350 g/mol. The molecule has 1 N–H and O–H groups in total. The average molecular weight is 364 g/mol. The van der Waals surface area contributed by atoms with Gasteiger partial charge in [0, 0.05) is 5.56 Å². The van der Waals surface area contributed by atoms with Gasteiger partial charge in [0.05, 0.1) is 17.3 Å². The molecule has 0 saturated heterocycles.